The third-order valence-electron chi connectivity index (χ3n) is 1.97. The Morgan fingerprint density at radius 1 is 1.17 bits per heavy atom. The molecule has 8 nitrogen and oxygen atoms in total. The molecular formula is C10H20N2O6. The fourth-order valence-electron chi connectivity index (χ4n) is 1.00. The first kappa shape index (κ1) is 16.6. The average Bonchev–Trinajstić information content (AvgIpc) is 2.34. The molecule has 0 aromatic carbocycles. The van der Waals surface area contributed by atoms with Gasteiger partial charge in [0.15, 0.2) is 6.10 Å². The van der Waals surface area contributed by atoms with Crippen LogP contribution in [0.4, 0.5) is 4.79 Å². The summed E-state index contributed by atoms with van der Waals surface area (Å²) in [7, 11) is 2.84. The Bertz CT molecular complexity index is 249. The van der Waals surface area contributed by atoms with Crippen LogP contribution >= 0.6 is 0 Å². The van der Waals surface area contributed by atoms with E-state index in [4.69, 9.17) is 14.6 Å². The fraction of sp³-hybridized carbons (Fsp3) is 0.800. The molecule has 0 saturated carbocycles. The van der Waals surface area contributed by atoms with Crippen molar-refractivity contribution in [3.8, 4) is 0 Å². The van der Waals surface area contributed by atoms with E-state index >= 15 is 0 Å². The van der Waals surface area contributed by atoms with Gasteiger partial charge in [-0.15, -0.1) is 0 Å². The molecule has 0 saturated heterocycles. The lowest BCUT2D eigenvalue weighted by atomic mass is 10.3. The SMILES string of the molecule is COCCOCCNC(=O)NCC(OC)C(=O)O. The minimum absolute atomic E-state index is 0.0950. The van der Waals surface area contributed by atoms with Gasteiger partial charge in [0.25, 0.3) is 0 Å². The molecule has 0 bridgehead atoms. The Balaban J connectivity index is 3.50. The topological polar surface area (TPSA) is 106 Å². The molecule has 0 fully saturated rings. The number of carbonyl (C=O) groups is 2. The Hall–Kier alpha value is -1.38. The molecule has 0 aromatic rings. The summed E-state index contributed by atoms with van der Waals surface area (Å²) in [6.07, 6.45) is -1.05. The molecule has 1 unspecified atom stereocenters. The third-order valence-corrected chi connectivity index (χ3v) is 1.97. The first-order valence-electron chi connectivity index (χ1n) is 5.45. The van der Waals surface area contributed by atoms with Gasteiger partial charge in [-0.2, -0.15) is 0 Å². The van der Waals surface area contributed by atoms with Gasteiger partial charge in [-0.25, -0.2) is 9.59 Å². The lowest BCUT2D eigenvalue weighted by Gasteiger charge is -2.12. The van der Waals surface area contributed by atoms with Crippen LogP contribution in [0.25, 0.3) is 0 Å². The molecule has 0 spiro atoms. The Labute approximate surface area is 106 Å². The second kappa shape index (κ2) is 10.8. The maximum Gasteiger partial charge on any atom is 0.334 e. The average molecular weight is 264 g/mol. The number of methoxy groups -OCH3 is 2. The number of hydrogen-bond donors (Lipinski definition) is 3. The summed E-state index contributed by atoms with van der Waals surface area (Å²) in [6, 6.07) is -0.464. The van der Waals surface area contributed by atoms with E-state index in [9.17, 15) is 9.59 Å². The van der Waals surface area contributed by atoms with Crippen molar-refractivity contribution in [3.63, 3.8) is 0 Å². The van der Waals surface area contributed by atoms with Crippen molar-refractivity contribution >= 4 is 12.0 Å². The third kappa shape index (κ3) is 8.74. The molecule has 2 amide bonds. The highest BCUT2D eigenvalue weighted by Crippen LogP contribution is 1.87. The molecule has 0 aliphatic rings. The second-order valence-corrected chi connectivity index (χ2v) is 3.30. The van der Waals surface area contributed by atoms with E-state index < -0.39 is 18.1 Å². The zero-order valence-electron chi connectivity index (χ0n) is 10.6. The van der Waals surface area contributed by atoms with Crippen molar-refractivity contribution in [2.24, 2.45) is 0 Å². The number of carbonyl (C=O) groups excluding carboxylic acids is 1. The highest BCUT2D eigenvalue weighted by Gasteiger charge is 2.16. The Morgan fingerprint density at radius 3 is 2.44 bits per heavy atom. The Kier molecular flexibility index (Phi) is 9.93. The van der Waals surface area contributed by atoms with Gasteiger partial charge in [0, 0.05) is 20.8 Å². The minimum atomic E-state index is -1.12. The van der Waals surface area contributed by atoms with Crippen LogP contribution in [0.1, 0.15) is 0 Å². The van der Waals surface area contributed by atoms with Gasteiger partial charge < -0.3 is 30.0 Å². The van der Waals surface area contributed by atoms with Gasteiger partial charge in [-0.3, -0.25) is 0 Å². The first-order chi connectivity index (χ1) is 8.61. The van der Waals surface area contributed by atoms with E-state index in [1.54, 1.807) is 7.11 Å². The molecule has 0 radical (unpaired) electrons. The summed E-state index contributed by atoms with van der Waals surface area (Å²) in [5.74, 6) is -1.12. The number of carboxylic acid groups (broad SMARTS) is 1. The van der Waals surface area contributed by atoms with E-state index in [1.165, 1.54) is 7.11 Å². The molecule has 106 valence electrons. The standard InChI is InChI=1S/C10H20N2O6/c1-16-5-6-18-4-3-11-10(15)12-7-8(17-2)9(13)14/h8H,3-7H2,1-2H3,(H,13,14)(H2,11,12,15). The van der Waals surface area contributed by atoms with Crippen LogP contribution in [0, 0.1) is 0 Å². The van der Waals surface area contributed by atoms with Crippen molar-refractivity contribution in [1.29, 1.82) is 0 Å². The van der Waals surface area contributed by atoms with E-state index in [1.807, 2.05) is 0 Å². The zero-order chi connectivity index (χ0) is 13.8. The molecule has 18 heavy (non-hydrogen) atoms. The number of ether oxygens (including phenoxy) is 3. The van der Waals surface area contributed by atoms with Gasteiger partial charge in [-0.05, 0) is 0 Å². The van der Waals surface area contributed by atoms with Crippen LogP contribution in [-0.4, -0.2) is 70.3 Å². The van der Waals surface area contributed by atoms with Crippen molar-refractivity contribution < 1.29 is 28.9 Å². The summed E-state index contributed by atoms with van der Waals surface area (Å²) in [5, 5.41) is 13.5. The quantitative estimate of drug-likeness (QED) is 0.439. The van der Waals surface area contributed by atoms with Crippen LogP contribution in [-0.2, 0) is 19.0 Å². The molecule has 0 heterocycles. The van der Waals surface area contributed by atoms with Gasteiger partial charge in [0.05, 0.1) is 26.4 Å². The van der Waals surface area contributed by atoms with Crippen molar-refractivity contribution in [1.82, 2.24) is 10.6 Å². The van der Waals surface area contributed by atoms with Gasteiger partial charge in [0.1, 0.15) is 0 Å². The highest BCUT2D eigenvalue weighted by atomic mass is 16.5. The summed E-state index contributed by atoms with van der Waals surface area (Å²) < 4.78 is 14.5. The number of nitrogens with one attached hydrogen (secondary N) is 2. The summed E-state index contributed by atoms with van der Waals surface area (Å²) in [6.45, 7) is 1.57. The number of hydrogen-bond acceptors (Lipinski definition) is 5. The second-order valence-electron chi connectivity index (χ2n) is 3.30. The van der Waals surface area contributed by atoms with Gasteiger partial charge >= 0.3 is 12.0 Å². The smallest absolute Gasteiger partial charge is 0.334 e. The van der Waals surface area contributed by atoms with E-state index in [0.717, 1.165) is 0 Å². The van der Waals surface area contributed by atoms with Crippen LogP contribution in [0.15, 0.2) is 0 Å². The number of amides is 2. The van der Waals surface area contributed by atoms with Crippen molar-refractivity contribution in [2.75, 3.05) is 47.1 Å². The van der Waals surface area contributed by atoms with E-state index in [-0.39, 0.29) is 6.54 Å². The normalized spacial score (nSPS) is 11.9. The molecule has 0 aromatic heterocycles. The Morgan fingerprint density at radius 2 is 1.89 bits per heavy atom. The minimum Gasteiger partial charge on any atom is -0.479 e. The van der Waals surface area contributed by atoms with Crippen molar-refractivity contribution in [3.05, 3.63) is 0 Å². The lowest BCUT2D eigenvalue weighted by molar-refractivity contribution is -0.147. The lowest BCUT2D eigenvalue weighted by Crippen LogP contribution is -2.43. The highest BCUT2D eigenvalue weighted by molar-refractivity contribution is 5.76. The predicted octanol–water partition coefficient (Wildman–Crippen LogP) is -0.952. The summed E-state index contributed by atoms with van der Waals surface area (Å²) >= 11 is 0. The fourth-order valence-corrected chi connectivity index (χ4v) is 1.00. The van der Waals surface area contributed by atoms with E-state index in [2.05, 4.69) is 15.4 Å². The predicted molar refractivity (Wildman–Crippen MR) is 62.5 cm³/mol. The monoisotopic (exact) mass is 264 g/mol. The number of carboxylic acids is 1. The summed E-state index contributed by atoms with van der Waals surface area (Å²) in [4.78, 5) is 21.8. The number of aliphatic carboxylic acids is 1. The number of urea groups is 1. The van der Waals surface area contributed by atoms with Gasteiger partial charge in [-0.1, -0.05) is 0 Å². The van der Waals surface area contributed by atoms with Crippen LogP contribution in [0.2, 0.25) is 0 Å². The van der Waals surface area contributed by atoms with Crippen LogP contribution < -0.4 is 10.6 Å². The molecule has 0 rings (SSSR count). The maximum atomic E-state index is 11.2. The van der Waals surface area contributed by atoms with Gasteiger partial charge in [0.2, 0.25) is 0 Å². The molecule has 0 aliphatic carbocycles. The molecule has 1 atom stereocenters. The molecular weight excluding hydrogens is 244 g/mol. The molecule has 3 N–H and O–H groups in total. The van der Waals surface area contributed by atoms with Crippen molar-refractivity contribution in [2.45, 2.75) is 6.10 Å². The van der Waals surface area contributed by atoms with Crippen LogP contribution in [0.3, 0.4) is 0 Å². The molecule has 0 aliphatic heterocycles. The first-order valence-corrected chi connectivity index (χ1v) is 5.45. The zero-order valence-corrected chi connectivity index (χ0v) is 10.6. The summed E-state index contributed by atoms with van der Waals surface area (Å²) in [5.41, 5.74) is 0. The largest absolute Gasteiger partial charge is 0.479 e. The van der Waals surface area contributed by atoms with Crippen LogP contribution in [0.5, 0.6) is 0 Å². The molecule has 8 heteroatoms. The number of rotatable bonds is 10. The van der Waals surface area contributed by atoms with E-state index in [0.29, 0.717) is 26.4 Å². The maximum absolute atomic E-state index is 11.2.